The molecule has 0 heterocycles. The van der Waals surface area contributed by atoms with Crippen LogP contribution in [0.5, 0.6) is 5.75 Å². The van der Waals surface area contributed by atoms with Crippen molar-refractivity contribution in [2.45, 2.75) is 26.7 Å². The molecule has 110 valence electrons. The van der Waals surface area contributed by atoms with Gasteiger partial charge in [-0.15, -0.1) is 0 Å². The predicted octanol–water partition coefficient (Wildman–Crippen LogP) is 4.18. The van der Waals surface area contributed by atoms with Crippen molar-refractivity contribution in [1.82, 2.24) is 0 Å². The van der Waals surface area contributed by atoms with Crippen LogP contribution in [0.15, 0.2) is 48.5 Å². The number of anilines is 1. The van der Waals surface area contributed by atoms with Crippen LogP contribution in [-0.4, -0.2) is 17.6 Å². The van der Waals surface area contributed by atoms with Gasteiger partial charge in [0, 0.05) is 12.1 Å². The van der Waals surface area contributed by atoms with Gasteiger partial charge in [-0.25, -0.2) is 0 Å². The first kappa shape index (κ1) is 15.1. The maximum absolute atomic E-state index is 12.6. The number of aromatic hydroxyl groups is 1. The minimum atomic E-state index is -0.106. The Labute approximate surface area is 125 Å². The molecule has 2 aromatic rings. The number of amides is 1. The molecule has 0 saturated carbocycles. The molecule has 0 atom stereocenters. The lowest BCUT2D eigenvalue weighted by Gasteiger charge is -2.23. The van der Waals surface area contributed by atoms with Crippen molar-refractivity contribution in [3.05, 3.63) is 59.7 Å². The summed E-state index contributed by atoms with van der Waals surface area (Å²) in [7, 11) is 0. The molecule has 0 saturated heterocycles. The summed E-state index contributed by atoms with van der Waals surface area (Å²) in [6.45, 7) is 6.54. The number of hydrogen-bond donors (Lipinski definition) is 1. The molecular formula is C18H21NO2. The summed E-state index contributed by atoms with van der Waals surface area (Å²) in [4.78, 5) is 14.2. The summed E-state index contributed by atoms with van der Waals surface area (Å²) in [6.07, 6.45) is 0. The molecule has 0 aliphatic rings. The van der Waals surface area contributed by atoms with E-state index in [4.69, 9.17) is 0 Å². The first-order valence-corrected chi connectivity index (χ1v) is 7.24. The van der Waals surface area contributed by atoms with Gasteiger partial charge >= 0.3 is 0 Å². The number of benzene rings is 2. The third-order valence-electron chi connectivity index (χ3n) is 3.54. The number of rotatable bonds is 4. The lowest BCUT2D eigenvalue weighted by molar-refractivity contribution is 0.0987. The molecule has 0 aliphatic heterocycles. The summed E-state index contributed by atoms with van der Waals surface area (Å²) >= 11 is 0. The van der Waals surface area contributed by atoms with Crippen molar-refractivity contribution in [3.63, 3.8) is 0 Å². The average Bonchev–Trinajstić information content (AvgIpc) is 2.50. The lowest BCUT2D eigenvalue weighted by Crippen LogP contribution is -2.30. The van der Waals surface area contributed by atoms with E-state index < -0.39 is 0 Å². The van der Waals surface area contributed by atoms with E-state index in [0.717, 1.165) is 5.56 Å². The zero-order chi connectivity index (χ0) is 15.4. The van der Waals surface area contributed by atoms with E-state index in [1.807, 2.05) is 37.3 Å². The average molecular weight is 283 g/mol. The molecule has 2 aromatic carbocycles. The van der Waals surface area contributed by atoms with Gasteiger partial charge in [0.15, 0.2) is 0 Å². The third-order valence-corrected chi connectivity index (χ3v) is 3.54. The number of phenols is 1. The van der Waals surface area contributed by atoms with E-state index in [1.54, 1.807) is 23.1 Å². The number of hydrogen-bond acceptors (Lipinski definition) is 2. The van der Waals surface area contributed by atoms with E-state index in [-0.39, 0.29) is 11.7 Å². The van der Waals surface area contributed by atoms with Crippen molar-refractivity contribution >= 4 is 11.6 Å². The lowest BCUT2D eigenvalue weighted by atomic mass is 10.0. The Kier molecular flexibility index (Phi) is 4.63. The van der Waals surface area contributed by atoms with Crippen molar-refractivity contribution in [2.24, 2.45) is 0 Å². The molecule has 3 heteroatoms. The molecule has 0 spiro atoms. The highest BCUT2D eigenvalue weighted by molar-refractivity contribution is 6.06. The first-order valence-electron chi connectivity index (χ1n) is 7.24. The molecule has 0 unspecified atom stereocenters. The fourth-order valence-corrected chi connectivity index (χ4v) is 2.29. The van der Waals surface area contributed by atoms with Crippen LogP contribution in [0.4, 0.5) is 5.69 Å². The summed E-state index contributed by atoms with van der Waals surface area (Å²) < 4.78 is 0. The molecule has 2 rings (SSSR count). The van der Waals surface area contributed by atoms with Crippen LogP contribution in [0.25, 0.3) is 0 Å². The Hall–Kier alpha value is -2.29. The monoisotopic (exact) mass is 283 g/mol. The van der Waals surface area contributed by atoms with Crippen LogP contribution in [0.1, 0.15) is 42.6 Å². The van der Waals surface area contributed by atoms with Gasteiger partial charge < -0.3 is 10.0 Å². The largest absolute Gasteiger partial charge is 0.506 e. The highest BCUT2D eigenvalue weighted by Crippen LogP contribution is 2.31. The number of carbonyl (C=O) groups excluding carboxylic acids is 1. The van der Waals surface area contributed by atoms with Gasteiger partial charge in [-0.05, 0) is 42.7 Å². The Bertz CT molecular complexity index is 620. The summed E-state index contributed by atoms with van der Waals surface area (Å²) in [5, 5.41) is 10.2. The highest BCUT2D eigenvalue weighted by atomic mass is 16.3. The molecule has 3 nitrogen and oxygen atoms in total. The van der Waals surface area contributed by atoms with Crippen molar-refractivity contribution < 1.29 is 9.90 Å². The van der Waals surface area contributed by atoms with Gasteiger partial charge in [0.05, 0.1) is 5.69 Å². The second kappa shape index (κ2) is 6.44. The van der Waals surface area contributed by atoms with E-state index in [1.165, 1.54) is 0 Å². The van der Waals surface area contributed by atoms with E-state index in [9.17, 15) is 9.90 Å². The molecule has 1 amide bonds. The fraction of sp³-hybridized carbons (Fsp3) is 0.278. The fourth-order valence-electron chi connectivity index (χ4n) is 2.29. The van der Waals surface area contributed by atoms with Crippen molar-refractivity contribution in [2.75, 3.05) is 11.4 Å². The standard InChI is InChI=1S/C18H21NO2/c1-4-19(18(21)14-8-6-5-7-9-14)16-11-10-15(13(2)3)12-17(16)20/h5-13,20H,4H2,1-3H3. The first-order chi connectivity index (χ1) is 10.0. The minimum absolute atomic E-state index is 0.106. The van der Waals surface area contributed by atoms with Gasteiger partial charge in [-0.2, -0.15) is 0 Å². The van der Waals surface area contributed by atoms with Crippen molar-refractivity contribution in [3.8, 4) is 5.75 Å². The van der Waals surface area contributed by atoms with Crippen LogP contribution in [0.2, 0.25) is 0 Å². The van der Waals surface area contributed by atoms with Crippen LogP contribution in [0.3, 0.4) is 0 Å². The highest BCUT2D eigenvalue weighted by Gasteiger charge is 2.19. The molecule has 0 bridgehead atoms. The molecule has 1 N–H and O–H groups in total. The van der Waals surface area contributed by atoms with Gasteiger partial charge in [-0.3, -0.25) is 4.79 Å². The maximum Gasteiger partial charge on any atom is 0.258 e. The SMILES string of the molecule is CCN(C(=O)c1ccccc1)c1ccc(C(C)C)cc1O. The van der Waals surface area contributed by atoms with Crippen LogP contribution >= 0.6 is 0 Å². The van der Waals surface area contributed by atoms with Gasteiger partial charge in [0.25, 0.3) is 5.91 Å². The second-order valence-corrected chi connectivity index (χ2v) is 5.32. The quantitative estimate of drug-likeness (QED) is 0.914. The van der Waals surface area contributed by atoms with E-state index in [0.29, 0.717) is 23.7 Å². The molecule has 0 fully saturated rings. The summed E-state index contributed by atoms with van der Waals surface area (Å²) in [6, 6.07) is 14.6. The number of carbonyl (C=O) groups is 1. The molecule has 0 aromatic heterocycles. The number of phenolic OH excluding ortho intramolecular Hbond substituents is 1. The predicted molar refractivity (Wildman–Crippen MR) is 86.0 cm³/mol. The molecule has 0 aliphatic carbocycles. The Morgan fingerprint density at radius 2 is 1.81 bits per heavy atom. The molecule has 21 heavy (non-hydrogen) atoms. The molecule has 0 radical (unpaired) electrons. The smallest absolute Gasteiger partial charge is 0.258 e. The topological polar surface area (TPSA) is 40.5 Å². The Balaban J connectivity index is 2.36. The normalized spacial score (nSPS) is 10.7. The van der Waals surface area contributed by atoms with Crippen molar-refractivity contribution in [1.29, 1.82) is 0 Å². The van der Waals surface area contributed by atoms with Gasteiger partial charge in [-0.1, -0.05) is 38.1 Å². The Morgan fingerprint density at radius 3 is 2.33 bits per heavy atom. The molecular weight excluding hydrogens is 262 g/mol. The van der Waals surface area contributed by atoms with Crippen LogP contribution in [0, 0.1) is 0 Å². The maximum atomic E-state index is 12.6. The zero-order valence-electron chi connectivity index (χ0n) is 12.7. The third kappa shape index (κ3) is 3.24. The van der Waals surface area contributed by atoms with Crippen LogP contribution in [-0.2, 0) is 0 Å². The van der Waals surface area contributed by atoms with Gasteiger partial charge in [0.1, 0.15) is 5.75 Å². The second-order valence-electron chi connectivity index (χ2n) is 5.32. The number of nitrogens with zero attached hydrogens (tertiary/aromatic N) is 1. The van der Waals surface area contributed by atoms with Crippen LogP contribution < -0.4 is 4.90 Å². The van der Waals surface area contributed by atoms with E-state index >= 15 is 0 Å². The Morgan fingerprint density at radius 1 is 1.14 bits per heavy atom. The zero-order valence-corrected chi connectivity index (χ0v) is 12.7. The van der Waals surface area contributed by atoms with Gasteiger partial charge in [0.2, 0.25) is 0 Å². The van der Waals surface area contributed by atoms with E-state index in [2.05, 4.69) is 13.8 Å². The summed E-state index contributed by atoms with van der Waals surface area (Å²) in [5.41, 5.74) is 2.22. The minimum Gasteiger partial charge on any atom is -0.506 e. The summed E-state index contributed by atoms with van der Waals surface area (Å²) in [5.74, 6) is 0.378.